The predicted octanol–water partition coefficient (Wildman–Crippen LogP) is 3.42. The lowest BCUT2D eigenvalue weighted by Crippen LogP contribution is -2.40. The van der Waals surface area contributed by atoms with Gasteiger partial charge in [-0.2, -0.15) is 0 Å². The number of benzene rings is 1. The standard InChI is InChI=1S/C14H23NOS/c1-14(2,3)13(15-4)10-17-12-8-6-11(16-5)7-9-12/h6-9,13,15H,10H2,1-5H3. The Morgan fingerprint density at radius 1 is 1.24 bits per heavy atom. The van der Waals surface area contributed by atoms with Crippen LogP contribution in [-0.2, 0) is 0 Å². The molecule has 0 saturated heterocycles. The Morgan fingerprint density at radius 3 is 2.24 bits per heavy atom. The number of nitrogens with one attached hydrogen (secondary N) is 1. The van der Waals surface area contributed by atoms with Gasteiger partial charge in [-0.3, -0.25) is 0 Å². The van der Waals surface area contributed by atoms with E-state index < -0.39 is 0 Å². The maximum absolute atomic E-state index is 5.15. The lowest BCUT2D eigenvalue weighted by atomic mass is 9.88. The van der Waals surface area contributed by atoms with Crippen molar-refractivity contribution in [2.24, 2.45) is 5.41 Å². The zero-order chi connectivity index (χ0) is 12.9. The molecular formula is C14H23NOS. The third-order valence-corrected chi connectivity index (χ3v) is 3.98. The Morgan fingerprint density at radius 2 is 1.82 bits per heavy atom. The summed E-state index contributed by atoms with van der Waals surface area (Å²) < 4.78 is 5.15. The fraction of sp³-hybridized carbons (Fsp3) is 0.571. The second-order valence-electron chi connectivity index (χ2n) is 5.19. The molecule has 1 aromatic rings. The number of methoxy groups -OCH3 is 1. The zero-order valence-electron chi connectivity index (χ0n) is 11.4. The van der Waals surface area contributed by atoms with Gasteiger partial charge in [0.25, 0.3) is 0 Å². The quantitative estimate of drug-likeness (QED) is 0.812. The van der Waals surface area contributed by atoms with Gasteiger partial charge in [0.05, 0.1) is 7.11 Å². The first-order valence-electron chi connectivity index (χ1n) is 5.91. The van der Waals surface area contributed by atoms with E-state index in [2.05, 4.69) is 38.2 Å². The fourth-order valence-electron chi connectivity index (χ4n) is 1.62. The summed E-state index contributed by atoms with van der Waals surface area (Å²) in [4.78, 5) is 1.29. The molecule has 1 rings (SSSR count). The van der Waals surface area contributed by atoms with E-state index in [1.807, 2.05) is 30.9 Å². The molecule has 0 aliphatic heterocycles. The molecule has 0 bridgehead atoms. The first-order valence-corrected chi connectivity index (χ1v) is 6.90. The first-order chi connectivity index (χ1) is 7.97. The molecule has 0 heterocycles. The van der Waals surface area contributed by atoms with E-state index in [1.165, 1.54) is 4.90 Å². The van der Waals surface area contributed by atoms with Crippen molar-refractivity contribution in [1.29, 1.82) is 0 Å². The second-order valence-corrected chi connectivity index (χ2v) is 6.29. The van der Waals surface area contributed by atoms with Gasteiger partial charge in [0.15, 0.2) is 0 Å². The lowest BCUT2D eigenvalue weighted by molar-refractivity contribution is 0.305. The van der Waals surface area contributed by atoms with Gasteiger partial charge in [-0.25, -0.2) is 0 Å². The van der Waals surface area contributed by atoms with Gasteiger partial charge >= 0.3 is 0 Å². The Hall–Kier alpha value is -0.670. The molecule has 2 nitrogen and oxygen atoms in total. The van der Waals surface area contributed by atoms with E-state index in [0.29, 0.717) is 6.04 Å². The van der Waals surface area contributed by atoms with Crippen LogP contribution in [0, 0.1) is 5.41 Å². The molecule has 0 spiro atoms. The molecule has 0 amide bonds. The van der Waals surface area contributed by atoms with E-state index >= 15 is 0 Å². The van der Waals surface area contributed by atoms with Gasteiger partial charge in [0.2, 0.25) is 0 Å². The van der Waals surface area contributed by atoms with Crippen LogP contribution in [0.25, 0.3) is 0 Å². The summed E-state index contributed by atoms with van der Waals surface area (Å²) in [7, 11) is 3.73. The molecule has 0 aliphatic rings. The van der Waals surface area contributed by atoms with Crippen LogP contribution in [-0.4, -0.2) is 26.0 Å². The molecule has 1 aromatic carbocycles. The molecule has 0 fully saturated rings. The molecule has 0 saturated carbocycles. The topological polar surface area (TPSA) is 21.3 Å². The third kappa shape index (κ3) is 4.60. The zero-order valence-corrected chi connectivity index (χ0v) is 12.2. The van der Waals surface area contributed by atoms with Crippen LogP contribution in [0.1, 0.15) is 20.8 Å². The molecule has 0 aromatic heterocycles. The Balaban J connectivity index is 2.54. The SMILES string of the molecule is CNC(CSc1ccc(OC)cc1)C(C)(C)C. The molecule has 17 heavy (non-hydrogen) atoms. The van der Waals surface area contributed by atoms with Gasteiger partial charge < -0.3 is 10.1 Å². The third-order valence-electron chi connectivity index (χ3n) is 2.87. The highest BCUT2D eigenvalue weighted by Gasteiger charge is 2.22. The maximum atomic E-state index is 5.15. The van der Waals surface area contributed by atoms with Gasteiger partial charge in [-0.15, -0.1) is 11.8 Å². The summed E-state index contributed by atoms with van der Waals surface area (Å²) in [6.45, 7) is 6.80. The molecule has 3 heteroatoms. The van der Waals surface area contributed by atoms with E-state index in [-0.39, 0.29) is 5.41 Å². The number of thioether (sulfide) groups is 1. The minimum absolute atomic E-state index is 0.286. The summed E-state index contributed by atoms with van der Waals surface area (Å²) in [6, 6.07) is 8.74. The highest BCUT2D eigenvalue weighted by atomic mass is 32.2. The highest BCUT2D eigenvalue weighted by molar-refractivity contribution is 7.99. The molecule has 1 atom stereocenters. The smallest absolute Gasteiger partial charge is 0.118 e. The van der Waals surface area contributed by atoms with Crippen molar-refractivity contribution in [2.75, 3.05) is 19.9 Å². The molecule has 0 radical (unpaired) electrons. The van der Waals surface area contributed by atoms with Crippen molar-refractivity contribution in [3.05, 3.63) is 24.3 Å². The van der Waals surface area contributed by atoms with Crippen molar-refractivity contribution in [3.8, 4) is 5.75 Å². The van der Waals surface area contributed by atoms with Crippen molar-refractivity contribution in [2.45, 2.75) is 31.7 Å². The minimum Gasteiger partial charge on any atom is -0.497 e. The Bertz CT molecular complexity index is 329. The molecule has 0 aliphatic carbocycles. The maximum Gasteiger partial charge on any atom is 0.118 e. The van der Waals surface area contributed by atoms with Crippen LogP contribution < -0.4 is 10.1 Å². The van der Waals surface area contributed by atoms with E-state index in [9.17, 15) is 0 Å². The van der Waals surface area contributed by atoms with Gasteiger partial charge in [-0.05, 0) is 36.7 Å². The van der Waals surface area contributed by atoms with Crippen molar-refractivity contribution < 1.29 is 4.74 Å². The van der Waals surface area contributed by atoms with Gasteiger partial charge in [0, 0.05) is 16.7 Å². The number of rotatable bonds is 5. The number of hydrogen-bond donors (Lipinski definition) is 1. The van der Waals surface area contributed by atoms with Crippen LogP contribution in [0.3, 0.4) is 0 Å². The van der Waals surface area contributed by atoms with Crippen LogP contribution in [0.5, 0.6) is 5.75 Å². The fourth-order valence-corrected chi connectivity index (χ4v) is 2.97. The summed E-state index contributed by atoms with van der Waals surface area (Å²) >= 11 is 1.88. The molecule has 1 N–H and O–H groups in total. The summed E-state index contributed by atoms with van der Waals surface area (Å²) in [5.74, 6) is 1.99. The molecule has 1 unspecified atom stereocenters. The second kappa shape index (κ2) is 6.31. The highest BCUT2D eigenvalue weighted by Crippen LogP contribution is 2.27. The number of hydrogen-bond acceptors (Lipinski definition) is 3. The van der Waals surface area contributed by atoms with E-state index in [0.717, 1.165) is 11.5 Å². The number of ether oxygens (including phenoxy) is 1. The van der Waals surface area contributed by atoms with Crippen LogP contribution in [0.2, 0.25) is 0 Å². The van der Waals surface area contributed by atoms with E-state index in [1.54, 1.807) is 7.11 Å². The molecule has 96 valence electrons. The van der Waals surface area contributed by atoms with Crippen LogP contribution in [0.15, 0.2) is 29.2 Å². The normalized spacial score (nSPS) is 13.5. The van der Waals surface area contributed by atoms with Gasteiger partial charge in [0.1, 0.15) is 5.75 Å². The average molecular weight is 253 g/mol. The average Bonchev–Trinajstić information content (AvgIpc) is 2.29. The first kappa shape index (κ1) is 14.4. The van der Waals surface area contributed by atoms with E-state index in [4.69, 9.17) is 4.74 Å². The summed E-state index contributed by atoms with van der Waals surface area (Å²) in [5.41, 5.74) is 0.286. The largest absolute Gasteiger partial charge is 0.497 e. The predicted molar refractivity (Wildman–Crippen MR) is 76.0 cm³/mol. The van der Waals surface area contributed by atoms with Crippen molar-refractivity contribution in [3.63, 3.8) is 0 Å². The summed E-state index contributed by atoms with van der Waals surface area (Å²) in [6.07, 6.45) is 0. The van der Waals surface area contributed by atoms with Crippen LogP contribution in [0.4, 0.5) is 0 Å². The van der Waals surface area contributed by atoms with Crippen molar-refractivity contribution in [1.82, 2.24) is 5.32 Å². The Labute approximate surface area is 109 Å². The minimum atomic E-state index is 0.286. The Kier molecular flexibility index (Phi) is 5.34. The van der Waals surface area contributed by atoms with Crippen molar-refractivity contribution >= 4 is 11.8 Å². The summed E-state index contributed by atoms with van der Waals surface area (Å²) in [5, 5.41) is 3.39. The van der Waals surface area contributed by atoms with Gasteiger partial charge in [-0.1, -0.05) is 20.8 Å². The lowest BCUT2D eigenvalue weighted by Gasteiger charge is -2.30. The monoisotopic (exact) mass is 253 g/mol. The molecular weight excluding hydrogens is 230 g/mol. The van der Waals surface area contributed by atoms with Crippen LogP contribution >= 0.6 is 11.8 Å².